The van der Waals surface area contributed by atoms with Crippen molar-refractivity contribution in [2.24, 2.45) is 0 Å². The summed E-state index contributed by atoms with van der Waals surface area (Å²) in [7, 11) is 3.04. The van der Waals surface area contributed by atoms with Crippen molar-refractivity contribution >= 4 is 23.2 Å². The van der Waals surface area contributed by atoms with Crippen molar-refractivity contribution in [3.05, 3.63) is 35.4 Å². The standard InChI is InChI=1S/C15H18ClN3O3/c1-10-17-5-7-19(10)6-4-15(20)18-12-8-11(16)13(21-2)9-14(12)22-3/h5,7-9H,4,6H2,1-3H3,(H,18,20). The molecule has 0 aliphatic carbocycles. The smallest absolute Gasteiger partial charge is 0.226 e. The van der Waals surface area contributed by atoms with Gasteiger partial charge in [-0.05, 0) is 13.0 Å². The van der Waals surface area contributed by atoms with Crippen LogP contribution in [-0.4, -0.2) is 29.7 Å². The Morgan fingerprint density at radius 1 is 1.32 bits per heavy atom. The van der Waals surface area contributed by atoms with E-state index in [9.17, 15) is 4.79 Å². The maximum Gasteiger partial charge on any atom is 0.226 e. The average molecular weight is 324 g/mol. The summed E-state index contributed by atoms with van der Waals surface area (Å²) in [6.45, 7) is 2.45. The van der Waals surface area contributed by atoms with Gasteiger partial charge in [-0.15, -0.1) is 0 Å². The first-order valence-electron chi connectivity index (χ1n) is 6.74. The molecule has 1 N–H and O–H groups in total. The number of rotatable bonds is 6. The SMILES string of the molecule is COc1cc(OC)c(NC(=O)CCn2ccnc2C)cc1Cl. The van der Waals surface area contributed by atoms with Crippen LogP contribution in [0.1, 0.15) is 12.2 Å². The Morgan fingerprint density at radius 2 is 2.05 bits per heavy atom. The van der Waals surface area contributed by atoms with Gasteiger partial charge in [0.25, 0.3) is 0 Å². The van der Waals surface area contributed by atoms with Gasteiger partial charge in [0.2, 0.25) is 5.91 Å². The first-order valence-corrected chi connectivity index (χ1v) is 7.12. The van der Waals surface area contributed by atoms with Gasteiger partial charge in [0.05, 0.1) is 24.9 Å². The van der Waals surface area contributed by atoms with E-state index in [-0.39, 0.29) is 5.91 Å². The largest absolute Gasteiger partial charge is 0.495 e. The van der Waals surface area contributed by atoms with E-state index < -0.39 is 0 Å². The molecule has 1 aromatic heterocycles. The van der Waals surface area contributed by atoms with Gasteiger partial charge in [0.1, 0.15) is 17.3 Å². The van der Waals surface area contributed by atoms with E-state index in [2.05, 4.69) is 10.3 Å². The topological polar surface area (TPSA) is 65.4 Å². The summed E-state index contributed by atoms with van der Waals surface area (Å²) in [5.41, 5.74) is 0.514. The van der Waals surface area contributed by atoms with Gasteiger partial charge in [-0.2, -0.15) is 0 Å². The number of aryl methyl sites for hydroxylation is 2. The molecule has 0 bridgehead atoms. The molecule has 1 aromatic carbocycles. The van der Waals surface area contributed by atoms with Gasteiger partial charge < -0.3 is 19.4 Å². The number of ether oxygens (including phenoxy) is 2. The molecular weight excluding hydrogens is 306 g/mol. The van der Waals surface area contributed by atoms with Crippen LogP contribution in [0.25, 0.3) is 0 Å². The Balaban J connectivity index is 2.05. The molecule has 118 valence electrons. The maximum atomic E-state index is 12.1. The van der Waals surface area contributed by atoms with Gasteiger partial charge >= 0.3 is 0 Å². The van der Waals surface area contributed by atoms with Gasteiger partial charge in [0.15, 0.2) is 0 Å². The number of hydrogen-bond donors (Lipinski definition) is 1. The zero-order valence-corrected chi connectivity index (χ0v) is 13.5. The lowest BCUT2D eigenvalue weighted by Crippen LogP contribution is -2.15. The fourth-order valence-corrected chi connectivity index (χ4v) is 2.27. The Hall–Kier alpha value is -2.21. The monoisotopic (exact) mass is 323 g/mol. The number of hydrogen-bond acceptors (Lipinski definition) is 4. The van der Waals surface area contributed by atoms with Crippen molar-refractivity contribution in [1.29, 1.82) is 0 Å². The highest BCUT2D eigenvalue weighted by Gasteiger charge is 2.12. The molecule has 2 aromatic rings. The van der Waals surface area contributed by atoms with Gasteiger partial charge in [-0.3, -0.25) is 4.79 Å². The number of amides is 1. The van der Waals surface area contributed by atoms with Crippen molar-refractivity contribution in [3.8, 4) is 11.5 Å². The Labute approximate surface area is 134 Å². The predicted octanol–water partition coefficient (Wildman–Crippen LogP) is 2.89. The average Bonchev–Trinajstić information content (AvgIpc) is 2.91. The molecule has 2 rings (SSSR count). The van der Waals surface area contributed by atoms with Crippen LogP contribution in [-0.2, 0) is 11.3 Å². The minimum Gasteiger partial charge on any atom is -0.495 e. The summed E-state index contributed by atoms with van der Waals surface area (Å²) >= 11 is 6.08. The Kier molecular flexibility index (Phi) is 5.27. The third-order valence-electron chi connectivity index (χ3n) is 3.25. The summed E-state index contributed by atoms with van der Waals surface area (Å²) in [4.78, 5) is 16.2. The summed E-state index contributed by atoms with van der Waals surface area (Å²) in [5, 5.41) is 3.20. The van der Waals surface area contributed by atoms with Gasteiger partial charge in [0, 0.05) is 31.4 Å². The first kappa shape index (κ1) is 16.2. The lowest BCUT2D eigenvalue weighted by atomic mass is 10.2. The summed E-state index contributed by atoms with van der Waals surface area (Å²) in [6.07, 6.45) is 3.87. The predicted molar refractivity (Wildman–Crippen MR) is 84.8 cm³/mol. The quantitative estimate of drug-likeness (QED) is 0.887. The van der Waals surface area contributed by atoms with Crippen LogP contribution in [0.15, 0.2) is 24.5 Å². The lowest BCUT2D eigenvalue weighted by molar-refractivity contribution is -0.116. The fourth-order valence-electron chi connectivity index (χ4n) is 2.03. The number of carbonyl (C=O) groups excluding carboxylic acids is 1. The van der Waals surface area contributed by atoms with Crippen molar-refractivity contribution in [3.63, 3.8) is 0 Å². The highest BCUT2D eigenvalue weighted by molar-refractivity contribution is 6.32. The maximum absolute atomic E-state index is 12.1. The molecule has 22 heavy (non-hydrogen) atoms. The highest BCUT2D eigenvalue weighted by Crippen LogP contribution is 2.35. The summed E-state index contributed by atoms with van der Waals surface area (Å²) < 4.78 is 12.3. The number of halogens is 1. The van der Waals surface area contributed by atoms with E-state index in [1.165, 1.54) is 14.2 Å². The minimum absolute atomic E-state index is 0.132. The van der Waals surface area contributed by atoms with Crippen LogP contribution in [0, 0.1) is 6.92 Å². The molecule has 0 unspecified atom stereocenters. The van der Waals surface area contributed by atoms with Crippen LogP contribution < -0.4 is 14.8 Å². The number of methoxy groups -OCH3 is 2. The zero-order valence-electron chi connectivity index (χ0n) is 12.7. The minimum atomic E-state index is -0.132. The molecule has 0 aliphatic heterocycles. The number of carbonyl (C=O) groups is 1. The highest BCUT2D eigenvalue weighted by atomic mass is 35.5. The van der Waals surface area contributed by atoms with Gasteiger partial charge in [-0.25, -0.2) is 4.98 Å². The molecule has 1 heterocycles. The van der Waals surface area contributed by atoms with Crippen molar-refractivity contribution in [2.45, 2.75) is 19.9 Å². The molecule has 0 saturated heterocycles. The second-order valence-corrected chi connectivity index (χ2v) is 5.06. The van der Waals surface area contributed by atoms with E-state index >= 15 is 0 Å². The second kappa shape index (κ2) is 7.17. The molecule has 0 aliphatic rings. The number of aromatic nitrogens is 2. The molecule has 0 saturated carbocycles. The molecule has 1 amide bonds. The third-order valence-corrected chi connectivity index (χ3v) is 3.55. The lowest BCUT2D eigenvalue weighted by Gasteiger charge is -2.13. The normalized spacial score (nSPS) is 10.4. The summed E-state index contributed by atoms with van der Waals surface area (Å²) in [6, 6.07) is 3.25. The third kappa shape index (κ3) is 3.71. The Bertz CT molecular complexity index is 670. The van der Waals surface area contributed by atoms with E-state index in [4.69, 9.17) is 21.1 Å². The molecule has 0 fully saturated rings. The molecule has 0 atom stereocenters. The zero-order chi connectivity index (χ0) is 16.1. The van der Waals surface area contributed by atoms with Crippen LogP contribution >= 0.6 is 11.6 Å². The van der Waals surface area contributed by atoms with Crippen LogP contribution in [0.5, 0.6) is 11.5 Å². The van der Waals surface area contributed by atoms with E-state index in [0.717, 1.165) is 5.82 Å². The van der Waals surface area contributed by atoms with Crippen LogP contribution in [0.2, 0.25) is 5.02 Å². The fraction of sp³-hybridized carbons (Fsp3) is 0.333. The summed E-state index contributed by atoms with van der Waals surface area (Å²) in [5.74, 6) is 1.73. The number of benzene rings is 1. The number of nitrogens with one attached hydrogen (secondary N) is 1. The van der Waals surface area contributed by atoms with E-state index in [0.29, 0.717) is 35.2 Å². The number of imidazole rings is 1. The van der Waals surface area contributed by atoms with Crippen LogP contribution in [0.3, 0.4) is 0 Å². The van der Waals surface area contributed by atoms with Crippen molar-refractivity contribution in [1.82, 2.24) is 9.55 Å². The number of anilines is 1. The molecule has 7 heteroatoms. The first-order chi connectivity index (χ1) is 10.5. The van der Waals surface area contributed by atoms with Gasteiger partial charge in [-0.1, -0.05) is 11.6 Å². The Morgan fingerprint density at radius 3 is 2.64 bits per heavy atom. The van der Waals surface area contributed by atoms with E-state index in [1.54, 1.807) is 18.3 Å². The van der Waals surface area contributed by atoms with Crippen molar-refractivity contribution < 1.29 is 14.3 Å². The molecule has 0 spiro atoms. The second-order valence-electron chi connectivity index (χ2n) is 4.65. The molecular formula is C15H18ClN3O3. The van der Waals surface area contributed by atoms with Crippen molar-refractivity contribution in [2.75, 3.05) is 19.5 Å². The van der Waals surface area contributed by atoms with Crippen LogP contribution in [0.4, 0.5) is 5.69 Å². The number of nitrogens with zero attached hydrogens (tertiary/aromatic N) is 2. The molecule has 6 nitrogen and oxygen atoms in total. The van der Waals surface area contributed by atoms with E-state index in [1.807, 2.05) is 17.7 Å². The molecule has 0 radical (unpaired) electrons.